The van der Waals surface area contributed by atoms with Crippen LogP contribution in [0.1, 0.15) is 26.3 Å². The number of hydrogen-bond donors (Lipinski definition) is 1. The lowest BCUT2D eigenvalue weighted by molar-refractivity contribution is -0.167. The van der Waals surface area contributed by atoms with E-state index in [9.17, 15) is 22.8 Å². The van der Waals surface area contributed by atoms with Crippen molar-refractivity contribution >= 4 is 29.6 Å². The fourth-order valence-electron chi connectivity index (χ4n) is 2.69. The van der Waals surface area contributed by atoms with Crippen LogP contribution < -0.4 is 5.32 Å². The smallest absolute Gasteiger partial charge is 0.443 e. The number of nitrogens with one attached hydrogen (secondary N) is 1. The molecule has 2 aromatic carbocycles. The minimum absolute atomic E-state index is 0.0479. The molecule has 0 spiro atoms. The summed E-state index contributed by atoms with van der Waals surface area (Å²) in [6.07, 6.45) is -5.38. The first-order valence-corrected chi connectivity index (χ1v) is 9.50. The molecule has 5 nitrogen and oxygen atoms in total. The lowest BCUT2D eigenvalue weighted by atomic mass is 10.0. The summed E-state index contributed by atoms with van der Waals surface area (Å²) in [5, 5.41) is 1.82. The van der Waals surface area contributed by atoms with Crippen LogP contribution in [0.5, 0.6) is 0 Å². The van der Waals surface area contributed by atoms with Gasteiger partial charge in [0.25, 0.3) is 0 Å². The highest BCUT2D eigenvalue weighted by Crippen LogP contribution is 2.43. The fourth-order valence-corrected chi connectivity index (χ4v) is 3.76. The first-order chi connectivity index (χ1) is 13.4. The number of halogens is 3. The Morgan fingerprint density at radius 1 is 1.07 bits per heavy atom. The topological polar surface area (TPSA) is 58.6 Å². The molecule has 0 aromatic heterocycles. The number of nitrogens with zero attached hydrogens (tertiary/aromatic N) is 1. The number of rotatable bonds is 2. The van der Waals surface area contributed by atoms with E-state index in [1.165, 1.54) is 28.4 Å². The molecule has 0 fully saturated rings. The number of carbonyl (C=O) groups excluding carboxylic acids is 2. The molecule has 2 amide bonds. The van der Waals surface area contributed by atoms with E-state index >= 15 is 0 Å². The molecule has 2 aromatic rings. The van der Waals surface area contributed by atoms with Crippen LogP contribution in [0, 0.1) is 0 Å². The van der Waals surface area contributed by atoms with Gasteiger partial charge in [-0.15, -0.1) is 0 Å². The van der Waals surface area contributed by atoms with Crippen LogP contribution in [0.15, 0.2) is 47.4 Å². The molecule has 1 heterocycles. The van der Waals surface area contributed by atoms with Crippen LogP contribution >= 0.6 is 11.9 Å². The predicted molar refractivity (Wildman–Crippen MR) is 104 cm³/mol. The van der Waals surface area contributed by atoms with Crippen molar-refractivity contribution in [3.05, 3.63) is 48.0 Å². The average Bonchev–Trinajstić information content (AvgIpc) is 3.04. The maximum Gasteiger partial charge on any atom is 0.471 e. The zero-order valence-electron chi connectivity index (χ0n) is 16.0. The third-order valence-corrected chi connectivity index (χ3v) is 5.08. The summed E-state index contributed by atoms with van der Waals surface area (Å²) in [5.74, 6) is -2.02. The average molecular weight is 424 g/mol. The largest absolute Gasteiger partial charge is 0.471 e. The maximum atomic E-state index is 12.4. The first kappa shape index (κ1) is 21.0. The van der Waals surface area contributed by atoms with E-state index in [-0.39, 0.29) is 5.69 Å². The van der Waals surface area contributed by atoms with Crippen LogP contribution in [0.4, 0.5) is 23.7 Å². The summed E-state index contributed by atoms with van der Waals surface area (Å²) in [5.41, 5.74) is 1.99. The zero-order chi connectivity index (χ0) is 21.4. The summed E-state index contributed by atoms with van der Waals surface area (Å²) >= 11 is 1.26. The number of benzene rings is 2. The van der Waals surface area contributed by atoms with Crippen LogP contribution in [-0.2, 0) is 16.1 Å². The number of fused-ring (bicyclic) bond motifs is 1. The van der Waals surface area contributed by atoms with E-state index in [4.69, 9.17) is 4.74 Å². The normalized spacial score (nSPS) is 13.8. The van der Waals surface area contributed by atoms with E-state index in [1.807, 2.05) is 23.5 Å². The second-order valence-corrected chi connectivity index (χ2v) is 8.46. The van der Waals surface area contributed by atoms with E-state index in [0.717, 1.165) is 21.6 Å². The molecule has 0 aliphatic carbocycles. The number of anilines is 1. The van der Waals surface area contributed by atoms with Crippen molar-refractivity contribution in [1.29, 1.82) is 0 Å². The predicted octanol–water partition coefficient (Wildman–Crippen LogP) is 5.61. The molecule has 0 saturated heterocycles. The summed E-state index contributed by atoms with van der Waals surface area (Å²) < 4.78 is 44.1. The summed E-state index contributed by atoms with van der Waals surface area (Å²) in [6.45, 7) is 5.78. The van der Waals surface area contributed by atoms with Crippen LogP contribution in [0.25, 0.3) is 11.1 Å². The quantitative estimate of drug-likeness (QED) is 0.637. The van der Waals surface area contributed by atoms with Crippen molar-refractivity contribution in [2.45, 2.75) is 44.0 Å². The minimum atomic E-state index is -4.94. The van der Waals surface area contributed by atoms with E-state index in [2.05, 4.69) is 0 Å². The monoisotopic (exact) mass is 424 g/mol. The van der Waals surface area contributed by atoms with Crippen molar-refractivity contribution in [1.82, 2.24) is 4.31 Å². The Morgan fingerprint density at radius 2 is 1.72 bits per heavy atom. The van der Waals surface area contributed by atoms with Gasteiger partial charge in [-0.25, -0.2) is 9.10 Å². The van der Waals surface area contributed by atoms with Gasteiger partial charge in [0.15, 0.2) is 0 Å². The Kier molecular flexibility index (Phi) is 5.53. The molecular formula is C20H19F3N2O3S. The lowest BCUT2D eigenvalue weighted by Crippen LogP contribution is -2.30. The van der Waals surface area contributed by atoms with E-state index < -0.39 is 23.8 Å². The van der Waals surface area contributed by atoms with Crippen molar-refractivity contribution in [3.8, 4) is 11.1 Å². The number of ether oxygens (including phenoxy) is 1. The van der Waals surface area contributed by atoms with Gasteiger partial charge in [0, 0.05) is 10.6 Å². The highest BCUT2D eigenvalue weighted by Gasteiger charge is 2.38. The van der Waals surface area contributed by atoms with Crippen LogP contribution in [0.3, 0.4) is 0 Å². The van der Waals surface area contributed by atoms with Gasteiger partial charge >= 0.3 is 18.2 Å². The molecule has 0 bridgehead atoms. The Bertz CT molecular complexity index is 937. The molecule has 1 N–H and O–H groups in total. The van der Waals surface area contributed by atoms with Gasteiger partial charge in [0.1, 0.15) is 5.60 Å². The third kappa shape index (κ3) is 5.03. The molecule has 0 atom stereocenters. The minimum Gasteiger partial charge on any atom is -0.443 e. The molecule has 154 valence electrons. The van der Waals surface area contributed by atoms with Crippen LogP contribution in [-0.4, -0.2) is 28.1 Å². The summed E-state index contributed by atoms with van der Waals surface area (Å²) in [7, 11) is 0. The number of hydrogen-bond acceptors (Lipinski definition) is 4. The van der Waals surface area contributed by atoms with Crippen LogP contribution in [0.2, 0.25) is 0 Å². The fraction of sp³-hybridized carbons (Fsp3) is 0.300. The number of amides is 2. The van der Waals surface area contributed by atoms with Gasteiger partial charge < -0.3 is 10.1 Å². The Morgan fingerprint density at radius 3 is 2.31 bits per heavy atom. The number of alkyl halides is 3. The molecule has 3 rings (SSSR count). The summed E-state index contributed by atoms with van der Waals surface area (Å²) in [6, 6.07) is 11.7. The lowest BCUT2D eigenvalue weighted by Gasteiger charge is -2.23. The van der Waals surface area contributed by atoms with Gasteiger partial charge in [0.2, 0.25) is 0 Å². The Balaban J connectivity index is 1.79. The highest BCUT2D eigenvalue weighted by atomic mass is 32.2. The van der Waals surface area contributed by atoms with Gasteiger partial charge in [0.05, 0.1) is 6.54 Å². The zero-order valence-corrected chi connectivity index (χ0v) is 16.8. The van der Waals surface area contributed by atoms with Gasteiger partial charge in [-0.1, -0.05) is 30.3 Å². The van der Waals surface area contributed by atoms with E-state index in [1.54, 1.807) is 32.9 Å². The molecule has 0 radical (unpaired) electrons. The molecule has 9 heteroatoms. The molecule has 29 heavy (non-hydrogen) atoms. The molecule has 0 unspecified atom stereocenters. The van der Waals surface area contributed by atoms with Gasteiger partial charge in [-0.05, 0) is 61.5 Å². The highest BCUT2D eigenvalue weighted by molar-refractivity contribution is 7.98. The van der Waals surface area contributed by atoms with Gasteiger partial charge in [-0.2, -0.15) is 13.2 Å². The molecule has 1 aliphatic heterocycles. The SMILES string of the molecule is CC(C)(C)OC(=O)N1Cc2cccc(-c3ccc(NC(=O)C(F)(F)F)cc3)c2S1. The van der Waals surface area contributed by atoms with Crippen molar-refractivity contribution in [2.24, 2.45) is 0 Å². The second kappa shape index (κ2) is 7.62. The first-order valence-electron chi connectivity index (χ1n) is 8.73. The maximum absolute atomic E-state index is 12.4. The Hall–Kier alpha value is -2.68. The molecular weight excluding hydrogens is 405 g/mol. The summed E-state index contributed by atoms with van der Waals surface area (Å²) in [4.78, 5) is 24.3. The molecule has 1 aliphatic rings. The second-order valence-electron chi connectivity index (χ2n) is 7.43. The van der Waals surface area contributed by atoms with Gasteiger partial charge in [-0.3, -0.25) is 4.79 Å². The number of carbonyl (C=O) groups is 2. The van der Waals surface area contributed by atoms with E-state index in [0.29, 0.717) is 6.54 Å². The standard InChI is InChI=1S/C20H19F3N2O3S/c1-19(2,3)28-18(27)25-11-13-5-4-6-15(16(13)29-25)12-7-9-14(10-8-12)24-17(26)20(21,22)23/h4-10H,11H2,1-3H3,(H,24,26). The Labute approximate surface area is 170 Å². The third-order valence-electron chi connectivity index (χ3n) is 3.92. The van der Waals surface area contributed by atoms with Crippen molar-refractivity contribution < 1.29 is 27.5 Å². The van der Waals surface area contributed by atoms with Crippen molar-refractivity contribution in [3.63, 3.8) is 0 Å². The van der Waals surface area contributed by atoms with Crippen molar-refractivity contribution in [2.75, 3.05) is 5.32 Å². The molecule has 0 saturated carbocycles.